The van der Waals surface area contributed by atoms with Crippen molar-refractivity contribution in [2.45, 2.75) is 58.0 Å². The Balaban J connectivity index is 1.25. The van der Waals surface area contributed by atoms with Crippen molar-refractivity contribution in [1.29, 1.82) is 0 Å². The van der Waals surface area contributed by atoms with Crippen LogP contribution in [0.5, 0.6) is 0 Å². The third kappa shape index (κ3) is 5.27. The van der Waals surface area contributed by atoms with Crippen LogP contribution in [-0.2, 0) is 9.47 Å². The van der Waals surface area contributed by atoms with Crippen LogP contribution in [0.3, 0.4) is 0 Å². The standard InChI is InChI=1S/C22H34N6O3/c1-22(2,3)31-21(29)24-11-15-7-9-27(12-15)13-16-5-6-18(30-16)28-10-8-17-19(23-4)25-14-26-20(17)28/h8,10,14-16,18H,5-7,9,11-13H2,1-4H3,(H,24,29)(H,23,25,26)/t15?,16?,18-/m1/s1. The fourth-order valence-corrected chi connectivity index (χ4v) is 4.50. The molecule has 2 aliphatic heterocycles. The molecule has 3 atom stereocenters. The molecular weight excluding hydrogens is 396 g/mol. The molecule has 4 rings (SSSR count). The van der Waals surface area contributed by atoms with Crippen molar-refractivity contribution in [2.24, 2.45) is 5.92 Å². The number of nitrogens with zero attached hydrogens (tertiary/aromatic N) is 4. The minimum atomic E-state index is -0.464. The molecule has 9 heteroatoms. The van der Waals surface area contributed by atoms with Gasteiger partial charge in [-0.2, -0.15) is 0 Å². The average Bonchev–Trinajstić information content (AvgIpc) is 3.44. The highest BCUT2D eigenvalue weighted by Crippen LogP contribution is 2.33. The molecule has 1 amide bonds. The molecule has 4 heterocycles. The number of alkyl carbamates (subject to hydrolysis) is 1. The minimum absolute atomic E-state index is 0.00865. The summed E-state index contributed by atoms with van der Waals surface area (Å²) in [6, 6.07) is 2.04. The predicted molar refractivity (Wildman–Crippen MR) is 119 cm³/mol. The monoisotopic (exact) mass is 430 g/mol. The van der Waals surface area contributed by atoms with Crippen LogP contribution in [0, 0.1) is 5.92 Å². The van der Waals surface area contributed by atoms with E-state index >= 15 is 0 Å². The van der Waals surface area contributed by atoms with Gasteiger partial charge in [0.1, 0.15) is 29.6 Å². The highest BCUT2D eigenvalue weighted by Gasteiger charge is 2.32. The zero-order valence-corrected chi connectivity index (χ0v) is 18.9. The Morgan fingerprint density at radius 1 is 1.29 bits per heavy atom. The second-order valence-corrected chi connectivity index (χ2v) is 9.52. The normalized spacial score (nSPS) is 24.6. The number of fused-ring (bicyclic) bond motifs is 1. The molecule has 0 bridgehead atoms. The molecule has 170 valence electrons. The minimum Gasteiger partial charge on any atom is -0.444 e. The first-order chi connectivity index (χ1) is 14.8. The van der Waals surface area contributed by atoms with E-state index in [1.165, 1.54) is 0 Å². The average molecular weight is 431 g/mol. The number of carbonyl (C=O) groups excluding carboxylic acids is 1. The molecule has 31 heavy (non-hydrogen) atoms. The number of amides is 1. The van der Waals surface area contributed by atoms with Crippen molar-refractivity contribution in [3.05, 3.63) is 18.6 Å². The number of carbonyl (C=O) groups is 1. The number of anilines is 1. The lowest BCUT2D eigenvalue weighted by Crippen LogP contribution is -2.36. The third-order valence-electron chi connectivity index (χ3n) is 5.91. The van der Waals surface area contributed by atoms with Crippen molar-refractivity contribution in [3.8, 4) is 0 Å². The van der Waals surface area contributed by atoms with Crippen molar-refractivity contribution in [2.75, 3.05) is 38.5 Å². The molecule has 0 spiro atoms. The van der Waals surface area contributed by atoms with E-state index in [1.807, 2.05) is 40.1 Å². The van der Waals surface area contributed by atoms with E-state index in [1.54, 1.807) is 6.33 Å². The van der Waals surface area contributed by atoms with Crippen LogP contribution >= 0.6 is 0 Å². The lowest BCUT2D eigenvalue weighted by molar-refractivity contribution is -0.00890. The number of hydrogen-bond acceptors (Lipinski definition) is 7. The van der Waals surface area contributed by atoms with Crippen molar-refractivity contribution >= 4 is 22.9 Å². The van der Waals surface area contributed by atoms with Gasteiger partial charge < -0.3 is 29.6 Å². The Hall–Kier alpha value is -2.39. The maximum absolute atomic E-state index is 11.9. The van der Waals surface area contributed by atoms with Crippen LogP contribution in [0.2, 0.25) is 0 Å². The van der Waals surface area contributed by atoms with E-state index in [9.17, 15) is 4.79 Å². The van der Waals surface area contributed by atoms with Crippen LogP contribution in [-0.4, -0.2) is 70.5 Å². The molecule has 2 aliphatic rings. The molecule has 2 saturated heterocycles. The maximum atomic E-state index is 11.9. The molecular formula is C22H34N6O3. The first kappa shape index (κ1) is 21.8. The van der Waals surface area contributed by atoms with Crippen molar-refractivity contribution in [3.63, 3.8) is 0 Å². The van der Waals surface area contributed by atoms with E-state index in [2.05, 4.69) is 30.1 Å². The summed E-state index contributed by atoms with van der Waals surface area (Å²) in [5, 5.41) is 7.04. The molecule has 2 fully saturated rings. The SMILES string of the molecule is CNc1ncnc2c1ccn2[C@H]1CCC(CN2CCC(CNC(=O)OC(C)(C)C)C2)O1. The Morgan fingerprint density at radius 3 is 2.90 bits per heavy atom. The first-order valence-electron chi connectivity index (χ1n) is 11.2. The molecule has 0 radical (unpaired) electrons. The van der Waals surface area contributed by atoms with Gasteiger partial charge in [-0.3, -0.25) is 0 Å². The van der Waals surface area contributed by atoms with Crippen LogP contribution in [0.1, 0.15) is 46.3 Å². The lowest BCUT2D eigenvalue weighted by Gasteiger charge is -2.22. The summed E-state index contributed by atoms with van der Waals surface area (Å²) < 4.78 is 13.8. The predicted octanol–water partition coefficient (Wildman–Crippen LogP) is 3.00. The van der Waals surface area contributed by atoms with Gasteiger partial charge in [0.05, 0.1) is 11.5 Å². The fourth-order valence-electron chi connectivity index (χ4n) is 4.50. The molecule has 0 aromatic carbocycles. The van der Waals surface area contributed by atoms with E-state index < -0.39 is 5.60 Å². The second-order valence-electron chi connectivity index (χ2n) is 9.52. The summed E-state index contributed by atoms with van der Waals surface area (Å²) >= 11 is 0. The van der Waals surface area contributed by atoms with Crippen LogP contribution in [0.4, 0.5) is 10.6 Å². The topological polar surface area (TPSA) is 93.5 Å². The summed E-state index contributed by atoms with van der Waals surface area (Å²) in [4.78, 5) is 23.1. The zero-order chi connectivity index (χ0) is 22.0. The fraction of sp³-hybridized carbons (Fsp3) is 0.682. The van der Waals surface area contributed by atoms with Gasteiger partial charge >= 0.3 is 6.09 Å². The lowest BCUT2D eigenvalue weighted by atomic mass is 10.1. The summed E-state index contributed by atoms with van der Waals surface area (Å²) in [6.07, 6.45) is 6.61. The number of nitrogens with one attached hydrogen (secondary N) is 2. The van der Waals surface area contributed by atoms with Crippen molar-refractivity contribution < 1.29 is 14.3 Å². The highest BCUT2D eigenvalue weighted by molar-refractivity contribution is 5.87. The number of likely N-dealkylation sites (tertiary alicyclic amines) is 1. The number of rotatable bonds is 6. The first-order valence-corrected chi connectivity index (χ1v) is 11.2. The van der Waals surface area contributed by atoms with Crippen LogP contribution < -0.4 is 10.6 Å². The Bertz CT molecular complexity index is 908. The van der Waals surface area contributed by atoms with Gasteiger partial charge in [0.15, 0.2) is 0 Å². The molecule has 2 aromatic heterocycles. The second kappa shape index (κ2) is 9.00. The molecule has 2 N–H and O–H groups in total. The van der Waals surface area contributed by atoms with E-state index in [0.717, 1.165) is 55.7 Å². The molecule has 2 unspecified atom stereocenters. The van der Waals surface area contributed by atoms with Gasteiger partial charge in [-0.05, 0) is 58.6 Å². The highest BCUT2D eigenvalue weighted by atomic mass is 16.6. The molecule has 0 saturated carbocycles. The van der Waals surface area contributed by atoms with Gasteiger partial charge in [-0.25, -0.2) is 14.8 Å². The maximum Gasteiger partial charge on any atom is 0.407 e. The third-order valence-corrected chi connectivity index (χ3v) is 5.91. The van der Waals surface area contributed by atoms with Crippen LogP contribution in [0.15, 0.2) is 18.6 Å². The summed E-state index contributed by atoms with van der Waals surface area (Å²) in [5.41, 5.74) is 0.438. The summed E-state index contributed by atoms with van der Waals surface area (Å²) in [6.45, 7) is 9.23. The van der Waals surface area contributed by atoms with E-state index in [-0.39, 0.29) is 18.4 Å². The Labute approximate surface area is 183 Å². The molecule has 9 nitrogen and oxygen atoms in total. The molecule has 0 aliphatic carbocycles. The number of aromatic nitrogens is 3. The van der Waals surface area contributed by atoms with Crippen LogP contribution in [0.25, 0.3) is 11.0 Å². The smallest absolute Gasteiger partial charge is 0.407 e. The summed E-state index contributed by atoms with van der Waals surface area (Å²) in [7, 11) is 1.87. The van der Waals surface area contributed by atoms with Gasteiger partial charge in [-0.15, -0.1) is 0 Å². The Morgan fingerprint density at radius 2 is 2.13 bits per heavy atom. The van der Waals surface area contributed by atoms with E-state index in [0.29, 0.717) is 12.5 Å². The number of hydrogen-bond donors (Lipinski definition) is 2. The van der Waals surface area contributed by atoms with Gasteiger partial charge in [-0.1, -0.05) is 0 Å². The van der Waals surface area contributed by atoms with E-state index in [4.69, 9.17) is 9.47 Å². The van der Waals surface area contributed by atoms with Gasteiger partial charge in [0.25, 0.3) is 0 Å². The number of ether oxygens (including phenoxy) is 2. The summed E-state index contributed by atoms with van der Waals surface area (Å²) in [5.74, 6) is 1.29. The molecule has 2 aromatic rings. The largest absolute Gasteiger partial charge is 0.444 e. The van der Waals surface area contributed by atoms with Gasteiger partial charge in [0.2, 0.25) is 0 Å². The zero-order valence-electron chi connectivity index (χ0n) is 18.9. The quantitative estimate of drug-likeness (QED) is 0.728. The van der Waals surface area contributed by atoms with Crippen molar-refractivity contribution in [1.82, 2.24) is 24.8 Å². The van der Waals surface area contributed by atoms with Gasteiger partial charge in [0, 0.05) is 32.9 Å². The Kier molecular flexibility index (Phi) is 6.34.